The molecule has 3 rings (SSSR count). The topological polar surface area (TPSA) is 50.9 Å². The number of pyridine rings is 1. The Morgan fingerprint density at radius 1 is 1.38 bits per heavy atom. The number of hydrogen-bond acceptors (Lipinski definition) is 3. The third kappa shape index (κ3) is 1.48. The minimum Gasteiger partial charge on any atom is -0.396 e. The molecule has 3 nitrogen and oxygen atoms in total. The lowest BCUT2D eigenvalue weighted by molar-refractivity contribution is 0.930. The number of nitrogen functional groups attached to an aromatic ring is 1. The lowest BCUT2D eigenvalue weighted by Gasteiger charge is -2.11. The number of nitrogens with zero attached hydrogens (tertiary/aromatic N) is 1. The maximum atomic E-state index is 5.98. The van der Waals surface area contributed by atoms with Gasteiger partial charge in [-0.2, -0.15) is 0 Å². The van der Waals surface area contributed by atoms with Gasteiger partial charge in [-0.05, 0) is 18.4 Å². The van der Waals surface area contributed by atoms with Gasteiger partial charge in [0.05, 0.1) is 23.1 Å². The monoisotopic (exact) mass is 213 g/mol. The summed E-state index contributed by atoms with van der Waals surface area (Å²) in [7, 11) is 0. The van der Waals surface area contributed by atoms with Gasteiger partial charge in [-0.25, -0.2) is 0 Å². The Hall–Kier alpha value is -1.77. The van der Waals surface area contributed by atoms with E-state index in [0.29, 0.717) is 6.04 Å². The summed E-state index contributed by atoms with van der Waals surface area (Å²) in [6.07, 6.45) is 2.97. The fourth-order valence-corrected chi connectivity index (χ4v) is 2.03. The fraction of sp³-hybridized carbons (Fsp3) is 0.308. The Labute approximate surface area is 94.7 Å². The molecule has 1 fully saturated rings. The number of benzene rings is 1. The van der Waals surface area contributed by atoms with Crippen molar-refractivity contribution in [1.29, 1.82) is 0 Å². The SMILES string of the molecule is CC1CC1Nc1c(N)cnc2ccccc12. The number of aromatic nitrogens is 1. The van der Waals surface area contributed by atoms with Crippen LogP contribution < -0.4 is 11.1 Å². The van der Waals surface area contributed by atoms with Crippen molar-refractivity contribution >= 4 is 22.3 Å². The number of rotatable bonds is 2. The van der Waals surface area contributed by atoms with Crippen LogP contribution in [0.4, 0.5) is 11.4 Å². The van der Waals surface area contributed by atoms with Gasteiger partial charge in [-0.1, -0.05) is 25.1 Å². The van der Waals surface area contributed by atoms with Crippen molar-refractivity contribution < 1.29 is 0 Å². The zero-order chi connectivity index (χ0) is 11.1. The first-order valence-corrected chi connectivity index (χ1v) is 5.65. The van der Waals surface area contributed by atoms with E-state index in [0.717, 1.165) is 28.2 Å². The molecule has 82 valence electrons. The second kappa shape index (κ2) is 3.37. The highest BCUT2D eigenvalue weighted by Gasteiger charge is 2.33. The Kier molecular flexibility index (Phi) is 1.99. The van der Waals surface area contributed by atoms with Gasteiger partial charge in [0.1, 0.15) is 0 Å². The maximum Gasteiger partial charge on any atom is 0.0743 e. The molecule has 0 aliphatic heterocycles. The van der Waals surface area contributed by atoms with Gasteiger partial charge in [0.25, 0.3) is 0 Å². The average molecular weight is 213 g/mol. The first-order chi connectivity index (χ1) is 7.75. The second-order valence-electron chi connectivity index (χ2n) is 4.57. The molecule has 1 aliphatic rings. The van der Waals surface area contributed by atoms with Crippen LogP contribution in [0.25, 0.3) is 10.9 Å². The highest BCUT2D eigenvalue weighted by atomic mass is 15.0. The molecule has 2 aromatic rings. The predicted molar refractivity (Wildman–Crippen MR) is 67.3 cm³/mol. The molecule has 0 saturated heterocycles. The van der Waals surface area contributed by atoms with Gasteiger partial charge >= 0.3 is 0 Å². The van der Waals surface area contributed by atoms with Crippen molar-refractivity contribution in [2.24, 2.45) is 5.92 Å². The maximum absolute atomic E-state index is 5.98. The van der Waals surface area contributed by atoms with E-state index in [2.05, 4.69) is 23.3 Å². The summed E-state index contributed by atoms with van der Waals surface area (Å²) in [5.41, 5.74) is 8.75. The van der Waals surface area contributed by atoms with Crippen LogP contribution in [0.15, 0.2) is 30.5 Å². The Morgan fingerprint density at radius 3 is 2.88 bits per heavy atom. The highest BCUT2D eigenvalue weighted by Crippen LogP contribution is 2.36. The summed E-state index contributed by atoms with van der Waals surface area (Å²) >= 11 is 0. The van der Waals surface area contributed by atoms with Crippen LogP contribution in [-0.4, -0.2) is 11.0 Å². The van der Waals surface area contributed by atoms with E-state index >= 15 is 0 Å². The van der Waals surface area contributed by atoms with Crippen LogP contribution in [0, 0.1) is 5.92 Å². The first kappa shape index (κ1) is 9.46. The second-order valence-corrected chi connectivity index (χ2v) is 4.57. The smallest absolute Gasteiger partial charge is 0.0743 e. The number of nitrogens with two attached hydrogens (primary N) is 1. The quantitative estimate of drug-likeness (QED) is 0.806. The molecule has 1 saturated carbocycles. The van der Waals surface area contributed by atoms with E-state index in [4.69, 9.17) is 5.73 Å². The van der Waals surface area contributed by atoms with Gasteiger partial charge in [0.15, 0.2) is 0 Å². The van der Waals surface area contributed by atoms with E-state index in [1.807, 2.05) is 18.2 Å². The third-order valence-electron chi connectivity index (χ3n) is 3.24. The van der Waals surface area contributed by atoms with Gasteiger partial charge in [0.2, 0.25) is 0 Å². The molecule has 1 heterocycles. The standard InChI is InChI=1S/C13H15N3/c1-8-6-12(8)16-13-9-4-2-3-5-11(9)15-7-10(13)14/h2-5,7-8,12H,6,14H2,1H3,(H,15,16). The number of hydrogen-bond donors (Lipinski definition) is 2. The predicted octanol–water partition coefficient (Wildman–Crippen LogP) is 2.64. The Morgan fingerprint density at radius 2 is 2.12 bits per heavy atom. The van der Waals surface area contributed by atoms with Crippen LogP contribution in [0.1, 0.15) is 13.3 Å². The zero-order valence-corrected chi connectivity index (χ0v) is 9.27. The molecule has 2 unspecified atom stereocenters. The van der Waals surface area contributed by atoms with Crippen molar-refractivity contribution in [1.82, 2.24) is 4.98 Å². The van der Waals surface area contributed by atoms with Crippen LogP contribution >= 0.6 is 0 Å². The molecule has 0 amide bonds. The molecule has 0 radical (unpaired) electrons. The van der Waals surface area contributed by atoms with Crippen LogP contribution in [-0.2, 0) is 0 Å². The Balaban J connectivity index is 2.09. The van der Waals surface area contributed by atoms with E-state index in [1.54, 1.807) is 6.20 Å². The van der Waals surface area contributed by atoms with E-state index < -0.39 is 0 Å². The van der Waals surface area contributed by atoms with Crippen molar-refractivity contribution in [2.45, 2.75) is 19.4 Å². The van der Waals surface area contributed by atoms with Gasteiger partial charge in [-0.3, -0.25) is 4.98 Å². The summed E-state index contributed by atoms with van der Waals surface area (Å²) in [4.78, 5) is 4.32. The molecule has 3 heteroatoms. The normalized spacial score (nSPS) is 23.3. The van der Waals surface area contributed by atoms with Gasteiger partial charge in [0, 0.05) is 11.4 Å². The molecular weight excluding hydrogens is 198 g/mol. The average Bonchev–Trinajstić information content (AvgIpc) is 2.99. The number of para-hydroxylation sites is 1. The van der Waals surface area contributed by atoms with Crippen LogP contribution in [0.3, 0.4) is 0 Å². The van der Waals surface area contributed by atoms with Crippen LogP contribution in [0.2, 0.25) is 0 Å². The largest absolute Gasteiger partial charge is 0.396 e. The summed E-state index contributed by atoms with van der Waals surface area (Å²) < 4.78 is 0. The lowest BCUT2D eigenvalue weighted by Crippen LogP contribution is -2.07. The summed E-state index contributed by atoms with van der Waals surface area (Å²) in [6, 6.07) is 8.66. The van der Waals surface area contributed by atoms with Gasteiger partial charge < -0.3 is 11.1 Å². The lowest BCUT2D eigenvalue weighted by atomic mass is 10.1. The fourth-order valence-electron chi connectivity index (χ4n) is 2.03. The summed E-state index contributed by atoms with van der Waals surface area (Å²) in [5.74, 6) is 0.756. The van der Waals surface area contributed by atoms with Crippen molar-refractivity contribution in [3.63, 3.8) is 0 Å². The highest BCUT2D eigenvalue weighted by molar-refractivity contribution is 5.97. The molecule has 16 heavy (non-hydrogen) atoms. The summed E-state index contributed by atoms with van der Waals surface area (Å²) in [6.45, 7) is 2.25. The molecular formula is C13H15N3. The minimum absolute atomic E-state index is 0.577. The van der Waals surface area contributed by atoms with Crippen molar-refractivity contribution in [2.75, 3.05) is 11.1 Å². The summed E-state index contributed by atoms with van der Waals surface area (Å²) in [5, 5.41) is 4.62. The van der Waals surface area contributed by atoms with E-state index in [9.17, 15) is 0 Å². The van der Waals surface area contributed by atoms with E-state index in [-0.39, 0.29) is 0 Å². The first-order valence-electron chi connectivity index (χ1n) is 5.65. The number of fused-ring (bicyclic) bond motifs is 1. The molecule has 1 aromatic carbocycles. The molecule has 0 spiro atoms. The van der Waals surface area contributed by atoms with Crippen LogP contribution in [0.5, 0.6) is 0 Å². The van der Waals surface area contributed by atoms with Gasteiger partial charge in [-0.15, -0.1) is 0 Å². The molecule has 1 aromatic heterocycles. The minimum atomic E-state index is 0.577. The number of nitrogens with one attached hydrogen (secondary N) is 1. The third-order valence-corrected chi connectivity index (χ3v) is 3.24. The van der Waals surface area contributed by atoms with Crippen molar-refractivity contribution in [3.8, 4) is 0 Å². The number of anilines is 2. The molecule has 1 aliphatic carbocycles. The van der Waals surface area contributed by atoms with E-state index in [1.165, 1.54) is 6.42 Å². The Bertz CT molecular complexity index is 536. The molecule has 0 bridgehead atoms. The molecule has 3 N–H and O–H groups in total. The van der Waals surface area contributed by atoms with Crippen molar-refractivity contribution in [3.05, 3.63) is 30.5 Å². The zero-order valence-electron chi connectivity index (χ0n) is 9.27. The molecule has 2 atom stereocenters.